The minimum absolute atomic E-state index is 0. The molecule has 1 aromatic carbocycles. The lowest BCUT2D eigenvalue weighted by molar-refractivity contribution is -0.138. The Morgan fingerprint density at radius 1 is 1.41 bits per heavy atom. The molecular weight excluding hydrogens is 278 g/mol. The quantitative estimate of drug-likeness (QED) is 0.920. The zero-order chi connectivity index (χ0) is 12.3. The van der Waals surface area contributed by atoms with Crippen molar-refractivity contribution in [3.63, 3.8) is 0 Å². The average molecular weight is 290 g/mol. The van der Waals surface area contributed by atoms with E-state index in [0.29, 0.717) is 16.3 Å². The lowest BCUT2D eigenvalue weighted by Gasteiger charge is -2.15. The van der Waals surface area contributed by atoms with E-state index in [4.69, 9.17) is 22.1 Å². The molecule has 0 aliphatic carbocycles. The van der Waals surface area contributed by atoms with Gasteiger partial charge < -0.3 is 10.5 Å². The van der Waals surface area contributed by atoms with E-state index in [0.717, 1.165) is 0 Å². The second-order valence-electron chi connectivity index (χ2n) is 3.32. The van der Waals surface area contributed by atoms with Crippen molar-refractivity contribution in [2.24, 2.45) is 5.73 Å². The second-order valence-corrected chi connectivity index (χ2v) is 3.73. The topological polar surface area (TPSA) is 35.2 Å². The number of rotatable bonds is 3. The van der Waals surface area contributed by atoms with Crippen LogP contribution in [0.1, 0.15) is 18.0 Å². The molecule has 2 nitrogen and oxygen atoms in total. The van der Waals surface area contributed by atoms with Crippen LogP contribution in [-0.4, -0.2) is 13.3 Å². The van der Waals surface area contributed by atoms with Crippen molar-refractivity contribution >= 4 is 24.0 Å². The highest BCUT2D eigenvalue weighted by molar-refractivity contribution is 6.32. The largest absolute Gasteiger partial charge is 0.495 e. The molecule has 0 aliphatic rings. The van der Waals surface area contributed by atoms with Gasteiger partial charge >= 0.3 is 6.18 Å². The highest BCUT2D eigenvalue weighted by Crippen LogP contribution is 2.32. The van der Waals surface area contributed by atoms with Crippen LogP contribution in [0.5, 0.6) is 5.75 Å². The van der Waals surface area contributed by atoms with Crippen LogP contribution >= 0.6 is 24.0 Å². The molecular formula is C10H12Cl2F3NO. The van der Waals surface area contributed by atoms with Crippen molar-refractivity contribution in [1.82, 2.24) is 0 Å². The fourth-order valence-electron chi connectivity index (χ4n) is 1.27. The van der Waals surface area contributed by atoms with Crippen LogP contribution in [0, 0.1) is 0 Å². The normalized spacial score (nSPS) is 12.8. The Bertz CT molecular complexity index is 371. The maximum Gasteiger partial charge on any atom is 0.390 e. The maximum absolute atomic E-state index is 12.1. The molecule has 0 aromatic heterocycles. The zero-order valence-corrected chi connectivity index (χ0v) is 10.5. The van der Waals surface area contributed by atoms with Gasteiger partial charge in [-0.1, -0.05) is 17.7 Å². The van der Waals surface area contributed by atoms with Gasteiger partial charge in [0.1, 0.15) is 5.75 Å². The van der Waals surface area contributed by atoms with Gasteiger partial charge in [-0.25, -0.2) is 0 Å². The van der Waals surface area contributed by atoms with Crippen LogP contribution in [-0.2, 0) is 0 Å². The van der Waals surface area contributed by atoms with Crippen LogP contribution in [0.2, 0.25) is 5.02 Å². The van der Waals surface area contributed by atoms with E-state index in [1.807, 2.05) is 0 Å². The summed E-state index contributed by atoms with van der Waals surface area (Å²) in [6, 6.07) is 3.23. The number of hydrogen-bond acceptors (Lipinski definition) is 2. The van der Waals surface area contributed by atoms with Crippen LogP contribution in [0.15, 0.2) is 18.2 Å². The summed E-state index contributed by atoms with van der Waals surface area (Å²) in [7, 11) is 1.39. The molecule has 0 fully saturated rings. The van der Waals surface area contributed by atoms with E-state index in [1.54, 1.807) is 0 Å². The molecule has 2 N–H and O–H groups in total. The van der Waals surface area contributed by atoms with Crippen LogP contribution in [0.4, 0.5) is 13.2 Å². The van der Waals surface area contributed by atoms with Gasteiger partial charge in [-0.3, -0.25) is 0 Å². The lowest BCUT2D eigenvalue weighted by Crippen LogP contribution is -2.20. The van der Waals surface area contributed by atoms with E-state index in [-0.39, 0.29) is 12.4 Å². The van der Waals surface area contributed by atoms with E-state index < -0.39 is 18.6 Å². The number of nitrogens with two attached hydrogens (primary N) is 1. The molecule has 1 rings (SSSR count). The van der Waals surface area contributed by atoms with Gasteiger partial charge in [0.2, 0.25) is 0 Å². The first-order valence-electron chi connectivity index (χ1n) is 4.49. The van der Waals surface area contributed by atoms with Gasteiger partial charge in [-0.2, -0.15) is 13.2 Å². The number of hydrogen-bond donors (Lipinski definition) is 1. The van der Waals surface area contributed by atoms with Crippen molar-refractivity contribution in [3.05, 3.63) is 28.8 Å². The van der Waals surface area contributed by atoms with Crippen LogP contribution < -0.4 is 10.5 Å². The fraction of sp³-hybridized carbons (Fsp3) is 0.400. The van der Waals surface area contributed by atoms with Gasteiger partial charge in [0, 0.05) is 6.04 Å². The lowest BCUT2D eigenvalue weighted by atomic mass is 10.0. The Morgan fingerprint density at radius 2 is 2.00 bits per heavy atom. The summed E-state index contributed by atoms with van der Waals surface area (Å²) in [6.45, 7) is 0. The molecule has 0 saturated carbocycles. The smallest absolute Gasteiger partial charge is 0.390 e. The van der Waals surface area contributed by atoms with Gasteiger partial charge in [0.15, 0.2) is 0 Å². The van der Waals surface area contributed by atoms with E-state index >= 15 is 0 Å². The number of benzene rings is 1. The molecule has 0 bridgehead atoms. The molecule has 0 unspecified atom stereocenters. The third-order valence-corrected chi connectivity index (χ3v) is 2.37. The van der Waals surface area contributed by atoms with Crippen molar-refractivity contribution in [2.75, 3.05) is 7.11 Å². The minimum Gasteiger partial charge on any atom is -0.495 e. The Labute approximate surface area is 108 Å². The molecule has 0 aliphatic heterocycles. The zero-order valence-electron chi connectivity index (χ0n) is 8.92. The molecule has 0 spiro atoms. The Kier molecular flexibility index (Phi) is 6.09. The number of halogens is 5. The summed E-state index contributed by atoms with van der Waals surface area (Å²) in [4.78, 5) is 0. The Hall–Kier alpha value is -0.650. The summed E-state index contributed by atoms with van der Waals surface area (Å²) >= 11 is 5.75. The number of methoxy groups -OCH3 is 1. The number of alkyl halides is 3. The van der Waals surface area contributed by atoms with Crippen LogP contribution in [0.25, 0.3) is 0 Å². The van der Waals surface area contributed by atoms with Crippen molar-refractivity contribution in [2.45, 2.75) is 18.6 Å². The Balaban J connectivity index is 0.00000256. The van der Waals surface area contributed by atoms with Crippen LogP contribution in [0.3, 0.4) is 0 Å². The molecule has 0 radical (unpaired) electrons. The first kappa shape index (κ1) is 16.4. The molecule has 17 heavy (non-hydrogen) atoms. The second kappa shape index (κ2) is 6.33. The van der Waals surface area contributed by atoms with Gasteiger partial charge in [0.05, 0.1) is 18.6 Å². The fourth-order valence-corrected chi connectivity index (χ4v) is 1.47. The van der Waals surface area contributed by atoms with E-state index in [9.17, 15) is 13.2 Å². The van der Waals surface area contributed by atoms with Crippen molar-refractivity contribution in [3.8, 4) is 5.75 Å². The average Bonchev–Trinajstić information content (AvgIpc) is 2.15. The predicted octanol–water partition coefficient (Wildman–Crippen LogP) is 3.72. The summed E-state index contributed by atoms with van der Waals surface area (Å²) in [5, 5.41) is 0.338. The van der Waals surface area contributed by atoms with E-state index in [2.05, 4.69) is 0 Å². The first-order valence-corrected chi connectivity index (χ1v) is 4.87. The van der Waals surface area contributed by atoms with Gasteiger partial charge in [0.25, 0.3) is 0 Å². The van der Waals surface area contributed by atoms with E-state index in [1.165, 1.54) is 25.3 Å². The van der Waals surface area contributed by atoms with Crippen molar-refractivity contribution in [1.29, 1.82) is 0 Å². The number of ether oxygens (including phenoxy) is 1. The van der Waals surface area contributed by atoms with Crippen molar-refractivity contribution < 1.29 is 17.9 Å². The summed E-state index contributed by atoms with van der Waals surface area (Å²) in [5.74, 6) is 0.316. The molecule has 1 atom stereocenters. The van der Waals surface area contributed by atoms with Gasteiger partial charge in [-0.05, 0) is 17.7 Å². The highest BCUT2D eigenvalue weighted by atomic mass is 35.5. The predicted molar refractivity (Wildman–Crippen MR) is 62.9 cm³/mol. The minimum atomic E-state index is -4.29. The molecule has 1 aromatic rings. The molecule has 0 heterocycles. The highest BCUT2D eigenvalue weighted by Gasteiger charge is 2.31. The third-order valence-electron chi connectivity index (χ3n) is 2.05. The third kappa shape index (κ3) is 5.02. The molecule has 98 valence electrons. The molecule has 0 amide bonds. The summed E-state index contributed by atoms with van der Waals surface area (Å²) in [6.07, 6.45) is -5.36. The maximum atomic E-state index is 12.1. The first-order chi connectivity index (χ1) is 7.33. The molecule has 7 heteroatoms. The monoisotopic (exact) mass is 289 g/mol. The van der Waals surface area contributed by atoms with Gasteiger partial charge in [-0.15, -0.1) is 12.4 Å². The summed E-state index contributed by atoms with van der Waals surface area (Å²) < 4.78 is 41.2. The SMILES string of the molecule is COc1cc([C@@H](N)CC(F)(F)F)ccc1Cl.Cl. The Morgan fingerprint density at radius 3 is 2.47 bits per heavy atom. The molecule has 0 saturated heterocycles. The summed E-state index contributed by atoms with van der Waals surface area (Å²) in [5.41, 5.74) is 5.78. The standard InChI is InChI=1S/C10H11ClF3NO.ClH/c1-16-9-4-6(2-3-7(9)11)8(15)5-10(12,13)14;/h2-4,8H,5,15H2,1H3;1H/t8-;/m0./s1.